The van der Waals surface area contributed by atoms with Gasteiger partial charge < -0.3 is 19.5 Å². The first-order valence-corrected chi connectivity index (χ1v) is 6.18. The molecule has 1 rings (SSSR count). The molecule has 1 aliphatic rings. The van der Waals surface area contributed by atoms with Gasteiger partial charge in [0.15, 0.2) is 0 Å². The van der Waals surface area contributed by atoms with Gasteiger partial charge in [0.05, 0.1) is 12.5 Å². The molecule has 1 atom stereocenters. The van der Waals surface area contributed by atoms with Crippen molar-refractivity contribution in [2.45, 2.75) is 26.2 Å². The highest BCUT2D eigenvalue weighted by atomic mass is 16.5. The van der Waals surface area contributed by atoms with Crippen molar-refractivity contribution in [1.29, 1.82) is 0 Å². The average molecular weight is 257 g/mol. The van der Waals surface area contributed by atoms with Gasteiger partial charge in [-0.05, 0) is 25.7 Å². The Balaban J connectivity index is 2.57. The van der Waals surface area contributed by atoms with Gasteiger partial charge in [0, 0.05) is 19.5 Å². The molecule has 1 N–H and O–H groups in total. The zero-order valence-electron chi connectivity index (χ0n) is 10.5. The fourth-order valence-electron chi connectivity index (χ4n) is 2.33. The van der Waals surface area contributed by atoms with Gasteiger partial charge in [0.2, 0.25) is 0 Å². The first kappa shape index (κ1) is 14.5. The van der Waals surface area contributed by atoms with Crippen LogP contribution in [0, 0.1) is 11.8 Å². The minimum atomic E-state index is -0.934. The highest BCUT2D eigenvalue weighted by Crippen LogP contribution is 2.28. The second-order valence-corrected chi connectivity index (χ2v) is 4.37. The summed E-state index contributed by atoms with van der Waals surface area (Å²) in [6, 6.07) is 0. The lowest BCUT2D eigenvalue weighted by Gasteiger charge is -2.33. The monoisotopic (exact) mass is 257 g/mol. The SMILES string of the molecule is CCOC(=O)C(CC=O)C1CCN(C(=O)O)CC1. The number of nitrogens with zero attached hydrogens (tertiary/aromatic N) is 1. The third-order valence-corrected chi connectivity index (χ3v) is 3.32. The second kappa shape index (κ2) is 6.98. The summed E-state index contributed by atoms with van der Waals surface area (Å²) in [5.41, 5.74) is 0. The van der Waals surface area contributed by atoms with E-state index < -0.39 is 12.0 Å². The number of hydrogen-bond donors (Lipinski definition) is 1. The number of esters is 1. The van der Waals surface area contributed by atoms with E-state index in [2.05, 4.69) is 0 Å². The molecule has 0 aromatic heterocycles. The average Bonchev–Trinajstić information content (AvgIpc) is 2.36. The molecule has 1 amide bonds. The van der Waals surface area contributed by atoms with Crippen LogP contribution in [0.1, 0.15) is 26.2 Å². The van der Waals surface area contributed by atoms with E-state index in [-0.39, 0.29) is 18.3 Å². The Hall–Kier alpha value is -1.59. The third-order valence-electron chi connectivity index (χ3n) is 3.32. The van der Waals surface area contributed by atoms with Gasteiger partial charge in [-0.25, -0.2) is 4.79 Å². The van der Waals surface area contributed by atoms with Crippen molar-refractivity contribution in [1.82, 2.24) is 4.90 Å². The summed E-state index contributed by atoms with van der Waals surface area (Å²) in [5.74, 6) is -0.749. The molecule has 0 bridgehead atoms. The molecule has 1 saturated heterocycles. The molecule has 6 heteroatoms. The molecule has 6 nitrogen and oxygen atoms in total. The van der Waals surface area contributed by atoms with E-state index >= 15 is 0 Å². The Kier molecular flexibility index (Phi) is 5.61. The standard InChI is InChI=1S/C12H19NO5/c1-2-18-11(15)10(5-8-14)9-3-6-13(7-4-9)12(16)17/h8-10H,2-7H2,1H3,(H,16,17). The fraction of sp³-hybridized carbons (Fsp3) is 0.750. The first-order chi connectivity index (χ1) is 8.60. The van der Waals surface area contributed by atoms with Crippen molar-refractivity contribution < 1.29 is 24.2 Å². The molecule has 1 fully saturated rings. The minimum absolute atomic E-state index is 0.0323. The third kappa shape index (κ3) is 3.72. The van der Waals surface area contributed by atoms with Gasteiger partial charge >= 0.3 is 12.1 Å². The van der Waals surface area contributed by atoms with Gasteiger partial charge in [-0.2, -0.15) is 0 Å². The number of likely N-dealkylation sites (tertiary alicyclic amines) is 1. The lowest BCUT2D eigenvalue weighted by atomic mass is 9.82. The quantitative estimate of drug-likeness (QED) is 0.590. The Morgan fingerprint density at radius 3 is 2.50 bits per heavy atom. The molecular formula is C12H19NO5. The van der Waals surface area contributed by atoms with Crippen LogP contribution in [0.15, 0.2) is 0 Å². The maximum absolute atomic E-state index is 11.7. The Morgan fingerprint density at radius 2 is 2.06 bits per heavy atom. The molecule has 18 heavy (non-hydrogen) atoms. The largest absolute Gasteiger partial charge is 0.466 e. The normalized spacial score (nSPS) is 18.2. The number of amides is 1. The molecule has 1 unspecified atom stereocenters. The predicted molar refractivity (Wildman–Crippen MR) is 63.1 cm³/mol. The van der Waals surface area contributed by atoms with E-state index in [1.807, 2.05) is 0 Å². The molecule has 0 spiro atoms. The van der Waals surface area contributed by atoms with Crippen LogP contribution >= 0.6 is 0 Å². The zero-order valence-corrected chi connectivity index (χ0v) is 10.5. The summed E-state index contributed by atoms with van der Waals surface area (Å²) in [4.78, 5) is 34.5. The topological polar surface area (TPSA) is 83.9 Å². The maximum Gasteiger partial charge on any atom is 0.407 e. The number of hydrogen-bond acceptors (Lipinski definition) is 4. The van der Waals surface area contributed by atoms with E-state index in [0.29, 0.717) is 32.5 Å². The van der Waals surface area contributed by atoms with E-state index in [1.165, 1.54) is 4.90 Å². The highest BCUT2D eigenvalue weighted by Gasteiger charge is 2.33. The number of ether oxygens (including phenoxy) is 1. The summed E-state index contributed by atoms with van der Waals surface area (Å²) in [6.07, 6.45) is 1.14. The van der Waals surface area contributed by atoms with E-state index in [1.54, 1.807) is 6.92 Å². The maximum atomic E-state index is 11.7. The highest BCUT2D eigenvalue weighted by molar-refractivity contribution is 5.76. The zero-order chi connectivity index (χ0) is 13.5. The number of carbonyl (C=O) groups excluding carboxylic acids is 2. The lowest BCUT2D eigenvalue weighted by Crippen LogP contribution is -2.41. The number of rotatable bonds is 5. The molecule has 0 radical (unpaired) electrons. The molecule has 1 heterocycles. The number of piperidine rings is 1. The number of aldehydes is 1. The van der Waals surface area contributed by atoms with Gasteiger partial charge in [-0.3, -0.25) is 4.79 Å². The van der Waals surface area contributed by atoms with Crippen LogP contribution in [-0.2, 0) is 14.3 Å². The van der Waals surface area contributed by atoms with Crippen molar-refractivity contribution in [3.05, 3.63) is 0 Å². The van der Waals surface area contributed by atoms with Crippen LogP contribution in [-0.4, -0.2) is 48.1 Å². The van der Waals surface area contributed by atoms with Gasteiger partial charge in [-0.1, -0.05) is 0 Å². The summed E-state index contributed by atoms with van der Waals surface area (Å²) >= 11 is 0. The molecule has 1 aliphatic heterocycles. The van der Waals surface area contributed by atoms with Crippen LogP contribution in [0.4, 0.5) is 4.79 Å². The van der Waals surface area contributed by atoms with Crippen molar-refractivity contribution in [2.24, 2.45) is 11.8 Å². The Bertz CT molecular complexity index is 310. The van der Waals surface area contributed by atoms with Crippen molar-refractivity contribution in [3.8, 4) is 0 Å². The van der Waals surface area contributed by atoms with Gasteiger partial charge in [-0.15, -0.1) is 0 Å². The Labute approximate surface area is 106 Å². The smallest absolute Gasteiger partial charge is 0.407 e. The van der Waals surface area contributed by atoms with E-state index in [0.717, 1.165) is 6.29 Å². The molecule has 102 valence electrons. The Morgan fingerprint density at radius 1 is 1.44 bits per heavy atom. The predicted octanol–water partition coefficient (Wildman–Crippen LogP) is 1.14. The summed E-state index contributed by atoms with van der Waals surface area (Å²) in [6.45, 7) is 2.84. The fourth-order valence-corrected chi connectivity index (χ4v) is 2.33. The summed E-state index contributed by atoms with van der Waals surface area (Å²) in [5, 5.41) is 8.84. The number of carbonyl (C=O) groups is 3. The molecule has 0 aliphatic carbocycles. The van der Waals surface area contributed by atoms with Gasteiger partial charge in [0.25, 0.3) is 0 Å². The van der Waals surface area contributed by atoms with Gasteiger partial charge in [0.1, 0.15) is 6.29 Å². The summed E-state index contributed by atoms with van der Waals surface area (Å²) < 4.78 is 4.96. The first-order valence-electron chi connectivity index (χ1n) is 6.18. The van der Waals surface area contributed by atoms with Crippen molar-refractivity contribution >= 4 is 18.3 Å². The molecule has 0 aromatic carbocycles. The van der Waals surface area contributed by atoms with E-state index in [9.17, 15) is 14.4 Å². The molecular weight excluding hydrogens is 238 g/mol. The summed E-state index contributed by atoms with van der Waals surface area (Å²) in [7, 11) is 0. The van der Waals surface area contributed by atoms with Crippen LogP contribution in [0.5, 0.6) is 0 Å². The lowest BCUT2D eigenvalue weighted by molar-refractivity contribution is -0.151. The molecule has 0 saturated carbocycles. The number of carboxylic acid groups (broad SMARTS) is 1. The minimum Gasteiger partial charge on any atom is -0.466 e. The molecule has 0 aromatic rings. The second-order valence-electron chi connectivity index (χ2n) is 4.37. The van der Waals surface area contributed by atoms with Crippen molar-refractivity contribution in [2.75, 3.05) is 19.7 Å². The van der Waals surface area contributed by atoms with Crippen LogP contribution in [0.25, 0.3) is 0 Å². The van der Waals surface area contributed by atoms with Crippen LogP contribution in [0.2, 0.25) is 0 Å². The van der Waals surface area contributed by atoms with E-state index in [4.69, 9.17) is 9.84 Å². The van der Waals surface area contributed by atoms with Crippen molar-refractivity contribution in [3.63, 3.8) is 0 Å². The van der Waals surface area contributed by atoms with Crippen LogP contribution < -0.4 is 0 Å². The van der Waals surface area contributed by atoms with Crippen LogP contribution in [0.3, 0.4) is 0 Å².